The Morgan fingerprint density at radius 1 is 1.00 bits per heavy atom. The molecule has 6 rings (SSSR count). The van der Waals surface area contributed by atoms with Gasteiger partial charge in [-0.1, -0.05) is 0 Å². The molecule has 1 aromatic carbocycles. The number of nitrogens with one attached hydrogen (secondary N) is 1. The molecule has 0 radical (unpaired) electrons. The fourth-order valence-electron chi connectivity index (χ4n) is 5.68. The van der Waals surface area contributed by atoms with E-state index in [9.17, 15) is 5.21 Å². The van der Waals surface area contributed by atoms with E-state index in [1.165, 1.54) is 38.5 Å². The minimum absolute atomic E-state index is 0.0982. The van der Waals surface area contributed by atoms with Crippen molar-refractivity contribution in [2.45, 2.75) is 43.9 Å². The molecule has 4 aliphatic rings. The Morgan fingerprint density at radius 3 is 2.12 bits per heavy atom. The molecule has 0 amide bonds. The van der Waals surface area contributed by atoms with Crippen LogP contribution in [0.5, 0.6) is 0 Å². The van der Waals surface area contributed by atoms with Gasteiger partial charge < -0.3 is 9.62 Å². The van der Waals surface area contributed by atoms with Crippen LogP contribution in [0.15, 0.2) is 28.7 Å². The molecule has 1 aromatic heterocycles. The molecule has 0 spiro atoms. The number of hydrogen-bond acceptors (Lipinski definition) is 5. The normalized spacial score (nSPS) is 35.3. The summed E-state index contributed by atoms with van der Waals surface area (Å²) < 4.78 is 6.09. The van der Waals surface area contributed by atoms with Crippen molar-refractivity contribution in [2.75, 3.05) is 0 Å². The van der Waals surface area contributed by atoms with Crippen LogP contribution in [0, 0.1) is 23.0 Å². The van der Waals surface area contributed by atoms with E-state index >= 15 is 0 Å². The molecule has 4 bridgehead atoms. The summed E-state index contributed by atoms with van der Waals surface area (Å²) in [6.45, 7) is 0. The van der Waals surface area contributed by atoms with Crippen LogP contribution in [-0.2, 0) is 5.41 Å². The van der Waals surface area contributed by atoms with Crippen molar-refractivity contribution in [1.82, 2.24) is 10.2 Å². The summed E-state index contributed by atoms with van der Waals surface area (Å²) in [5.74, 6) is 3.81. The predicted octanol–water partition coefficient (Wildman–Crippen LogP) is 2.61. The van der Waals surface area contributed by atoms with Crippen LogP contribution in [0.4, 0.5) is 5.69 Å². The molecular weight excluding hydrogens is 306 g/mol. The van der Waals surface area contributed by atoms with Gasteiger partial charge in [0.05, 0.1) is 0 Å². The van der Waals surface area contributed by atoms with E-state index in [4.69, 9.17) is 9.62 Å². The molecule has 0 aliphatic heterocycles. The van der Waals surface area contributed by atoms with Crippen molar-refractivity contribution in [3.05, 3.63) is 35.4 Å². The molecule has 24 heavy (non-hydrogen) atoms. The highest BCUT2D eigenvalue weighted by Gasteiger charge is 2.54. The fraction of sp³-hybridized carbons (Fsp3) is 0.556. The Hall–Kier alpha value is -1.76. The first-order chi connectivity index (χ1) is 11.6. The Morgan fingerprint density at radius 2 is 1.58 bits per heavy atom. The molecule has 4 saturated carbocycles. The number of aromatic nitrogens is 2. The van der Waals surface area contributed by atoms with Crippen LogP contribution >= 0.6 is 0 Å². The lowest BCUT2D eigenvalue weighted by atomic mass is 9.49. The number of quaternary nitrogens is 1. The van der Waals surface area contributed by atoms with Gasteiger partial charge in [0.15, 0.2) is 5.69 Å². The largest absolute Gasteiger partial charge is 0.595 e. The molecular formula is C18H21N3O3. The highest BCUT2D eigenvalue weighted by molar-refractivity contribution is 5.55. The lowest BCUT2D eigenvalue weighted by molar-refractivity contribution is -0.991. The van der Waals surface area contributed by atoms with E-state index in [1.807, 2.05) is 0 Å². The maximum absolute atomic E-state index is 11.0. The molecule has 4 fully saturated rings. The van der Waals surface area contributed by atoms with E-state index in [0.29, 0.717) is 5.89 Å². The van der Waals surface area contributed by atoms with E-state index < -0.39 is 5.23 Å². The summed E-state index contributed by atoms with van der Waals surface area (Å²) in [6.07, 6.45) is 7.74. The highest BCUT2D eigenvalue weighted by Crippen LogP contribution is 2.60. The van der Waals surface area contributed by atoms with Crippen molar-refractivity contribution < 1.29 is 14.9 Å². The second-order valence-corrected chi connectivity index (χ2v) is 7.99. The summed E-state index contributed by atoms with van der Waals surface area (Å²) in [4.78, 5) is 0. The quantitative estimate of drug-likeness (QED) is 0.846. The third-order valence-electron chi connectivity index (χ3n) is 6.30. The summed E-state index contributed by atoms with van der Waals surface area (Å²) >= 11 is 0. The van der Waals surface area contributed by atoms with Gasteiger partial charge in [0.25, 0.3) is 0 Å². The van der Waals surface area contributed by atoms with Crippen LogP contribution in [0.1, 0.15) is 44.4 Å². The summed E-state index contributed by atoms with van der Waals surface area (Å²) in [7, 11) is 0. The van der Waals surface area contributed by atoms with Crippen molar-refractivity contribution in [1.29, 1.82) is 0 Å². The first-order valence-electron chi connectivity index (χ1n) is 8.79. The minimum Gasteiger partial charge on any atom is -0.595 e. The van der Waals surface area contributed by atoms with Crippen LogP contribution in [-0.4, -0.2) is 15.4 Å². The Labute approximate surface area is 140 Å². The van der Waals surface area contributed by atoms with Crippen LogP contribution < -0.4 is 5.23 Å². The van der Waals surface area contributed by atoms with E-state index in [0.717, 1.165) is 29.2 Å². The zero-order chi connectivity index (χ0) is 16.3. The Kier molecular flexibility index (Phi) is 3.11. The lowest BCUT2D eigenvalue weighted by Gasteiger charge is -2.55. The number of rotatable bonds is 3. The third-order valence-corrected chi connectivity index (χ3v) is 6.30. The second kappa shape index (κ2) is 5.12. The average Bonchev–Trinajstić information content (AvgIpc) is 3.04. The molecule has 0 saturated heterocycles. The van der Waals surface area contributed by atoms with Gasteiger partial charge >= 0.3 is 0 Å². The van der Waals surface area contributed by atoms with Crippen LogP contribution in [0.3, 0.4) is 0 Å². The molecule has 2 N–H and O–H groups in total. The topological polar surface area (TPSA) is 86.7 Å². The predicted molar refractivity (Wildman–Crippen MR) is 85.4 cm³/mol. The number of hydrogen-bond donors (Lipinski definition) is 2. The van der Waals surface area contributed by atoms with Gasteiger partial charge in [0.2, 0.25) is 11.8 Å². The number of benzene rings is 1. The molecule has 6 heteroatoms. The number of nitrogens with zero attached hydrogens (tertiary/aromatic N) is 2. The fourth-order valence-corrected chi connectivity index (χ4v) is 5.68. The molecule has 6 nitrogen and oxygen atoms in total. The maximum atomic E-state index is 11.0. The molecule has 2 aromatic rings. The van der Waals surface area contributed by atoms with Gasteiger partial charge in [-0.05, 0) is 68.4 Å². The van der Waals surface area contributed by atoms with Crippen LogP contribution in [0.2, 0.25) is 0 Å². The van der Waals surface area contributed by atoms with E-state index in [1.54, 1.807) is 24.3 Å². The zero-order valence-electron chi connectivity index (χ0n) is 13.4. The van der Waals surface area contributed by atoms with Crippen molar-refractivity contribution >= 4 is 5.69 Å². The monoisotopic (exact) mass is 327 g/mol. The Balaban J connectivity index is 1.45. The van der Waals surface area contributed by atoms with E-state index in [2.05, 4.69) is 10.2 Å². The smallest absolute Gasteiger partial charge is 0.247 e. The summed E-state index contributed by atoms with van der Waals surface area (Å²) in [6, 6.07) is 6.62. The highest BCUT2D eigenvalue weighted by atomic mass is 16.8. The van der Waals surface area contributed by atoms with Crippen molar-refractivity contribution in [3.63, 3.8) is 0 Å². The van der Waals surface area contributed by atoms with Gasteiger partial charge in [0, 0.05) is 23.1 Å². The van der Waals surface area contributed by atoms with Crippen LogP contribution in [0.25, 0.3) is 11.5 Å². The van der Waals surface area contributed by atoms with Crippen molar-refractivity contribution in [2.24, 2.45) is 17.8 Å². The lowest BCUT2D eigenvalue weighted by Crippen LogP contribution is -2.99. The van der Waals surface area contributed by atoms with Gasteiger partial charge in [-0.2, -0.15) is 5.23 Å². The van der Waals surface area contributed by atoms with Gasteiger partial charge in [-0.3, -0.25) is 0 Å². The first-order valence-corrected chi connectivity index (χ1v) is 8.79. The first kappa shape index (κ1) is 14.6. The molecule has 4 aliphatic carbocycles. The Bertz CT molecular complexity index is 718. The SMILES string of the molecule is [O-][NH+](O)c1ccc(-c2nnc(C34CC5CC(CC(C5)C3)C4)o2)cc1. The molecule has 1 heterocycles. The molecule has 1 atom stereocenters. The van der Waals surface area contributed by atoms with Crippen molar-refractivity contribution in [3.8, 4) is 11.5 Å². The van der Waals surface area contributed by atoms with Gasteiger partial charge in [-0.25, -0.2) is 5.21 Å². The zero-order valence-corrected chi connectivity index (χ0v) is 13.4. The molecule has 126 valence electrons. The van der Waals surface area contributed by atoms with Gasteiger partial charge in [0.1, 0.15) is 0 Å². The minimum atomic E-state index is -0.929. The third kappa shape index (κ3) is 2.21. The average molecular weight is 327 g/mol. The summed E-state index contributed by atoms with van der Waals surface area (Å²) in [5.41, 5.74) is 1.14. The van der Waals surface area contributed by atoms with Gasteiger partial charge in [-0.15, -0.1) is 10.2 Å². The molecule has 1 unspecified atom stereocenters. The summed E-state index contributed by atoms with van der Waals surface area (Å²) in [5, 5.41) is 27.7. The second-order valence-electron chi connectivity index (χ2n) is 7.99. The standard InChI is InChI=1S/C18H21N3O3/c22-21(23)15-3-1-14(2-4-15)16-19-20-17(24-16)18-8-11-5-12(9-18)7-13(6-11)10-18/h1-4,11-13,21-22H,5-10H2. The maximum Gasteiger partial charge on any atom is 0.247 e. The van der Waals surface area contributed by atoms with E-state index in [-0.39, 0.29) is 11.1 Å².